The third-order valence-electron chi connectivity index (χ3n) is 4.67. The molecule has 1 N–H and O–H groups in total. The zero-order valence-electron chi connectivity index (χ0n) is 15.5. The molecule has 5 nitrogen and oxygen atoms in total. The van der Waals surface area contributed by atoms with Crippen LogP contribution in [0.4, 0.5) is 19.0 Å². The molecule has 1 fully saturated rings. The summed E-state index contributed by atoms with van der Waals surface area (Å²) in [5.41, 5.74) is -0.208. The second-order valence-electron chi connectivity index (χ2n) is 6.31. The molecule has 9 heteroatoms. The Balaban J connectivity index is 1.66. The summed E-state index contributed by atoms with van der Waals surface area (Å²) in [6.45, 7) is 2.00. The molecule has 28 heavy (non-hydrogen) atoms. The molecule has 2 aromatic rings. The first-order chi connectivity index (χ1) is 13.3. The highest BCUT2D eigenvalue weighted by atomic mass is 32.2. The fourth-order valence-corrected chi connectivity index (χ4v) is 3.51. The second-order valence-corrected chi connectivity index (χ2v) is 7.19. The van der Waals surface area contributed by atoms with Crippen molar-refractivity contribution in [3.8, 4) is 5.75 Å². The maximum Gasteiger partial charge on any atom is 0.419 e. The number of halogens is 3. The van der Waals surface area contributed by atoms with Gasteiger partial charge in [-0.3, -0.25) is 9.69 Å². The lowest BCUT2D eigenvalue weighted by molar-refractivity contribution is -0.367. The molecule has 0 radical (unpaired) electrons. The number of hydrogen-bond donors (Lipinski definition) is 0. The van der Waals surface area contributed by atoms with Crippen LogP contribution in [-0.4, -0.2) is 50.4 Å². The van der Waals surface area contributed by atoms with E-state index in [1.807, 2.05) is 23.3 Å². The molecule has 1 aliphatic heterocycles. The van der Waals surface area contributed by atoms with Gasteiger partial charge in [0.1, 0.15) is 25.0 Å². The average molecular weight is 412 g/mol. The third-order valence-corrected chi connectivity index (χ3v) is 5.40. The van der Waals surface area contributed by atoms with Crippen molar-refractivity contribution in [3.63, 3.8) is 0 Å². The predicted molar refractivity (Wildman–Crippen MR) is 101 cm³/mol. The van der Waals surface area contributed by atoms with Gasteiger partial charge in [-0.15, -0.1) is 11.8 Å². The van der Waals surface area contributed by atoms with E-state index in [1.165, 1.54) is 13.2 Å². The SMILES string of the molecule is COc1cc(SC)ccc1C(=O)N1CCN(c2ccc(C(F)(F)F)c[nH+]2)CC1. The van der Waals surface area contributed by atoms with E-state index in [-0.39, 0.29) is 5.91 Å². The minimum absolute atomic E-state index is 0.111. The molecule has 0 spiro atoms. The van der Waals surface area contributed by atoms with Crippen LogP contribution in [0, 0.1) is 0 Å². The van der Waals surface area contributed by atoms with E-state index >= 15 is 0 Å². The van der Waals surface area contributed by atoms with Gasteiger partial charge in [0.05, 0.1) is 31.3 Å². The summed E-state index contributed by atoms with van der Waals surface area (Å²) in [6.07, 6.45) is -1.45. The van der Waals surface area contributed by atoms with Crippen molar-refractivity contribution in [2.24, 2.45) is 0 Å². The van der Waals surface area contributed by atoms with Crippen molar-refractivity contribution in [2.75, 3.05) is 44.4 Å². The molecule has 3 rings (SSSR count). The van der Waals surface area contributed by atoms with Gasteiger partial charge in [-0.05, 0) is 30.5 Å². The lowest BCUT2D eigenvalue weighted by atomic mass is 10.1. The fourth-order valence-electron chi connectivity index (χ4n) is 3.09. The number of nitrogens with zero attached hydrogens (tertiary/aromatic N) is 2. The van der Waals surface area contributed by atoms with Crippen molar-refractivity contribution in [1.29, 1.82) is 0 Å². The van der Waals surface area contributed by atoms with Gasteiger partial charge in [0, 0.05) is 11.0 Å². The van der Waals surface area contributed by atoms with Crippen LogP contribution in [0.3, 0.4) is 0 Å². The van der Waals surface area contributed by atoms with Gasteiger partial charge < -0.3 is 9.64 Å². The number of piperazine rings is 1. The Morgan fingerprint density at radius 1 is 1.14 bits per heavy atom. The van der Waals surface area contributed by atoms with Crippen molar-refractivity contribution in [2.45, 2.75) is 11.1 Å². The van der Waals surface area contributed by atoms with Gasteiger partial charge in [0.25, 0.3) is 11.7 Å². The molecule has 1 aromatic heterocycles. The van der Waals surface area contributed by atoms with Crippen LogP contribution >= 0.6 is 11.8 Å². The Bertz CT molecular complexity index is 835. The highest BCUT2D eigenvalue weighted by molar-refractivity contribution is 7.98. The molecule has 1 amide bonds. The predicted octanol–water partition coefficient (Wildman–Crippen LogP) is 3.21. The molecule has 1 aliphatic rings. The van der Waals surface area contributed by atoms with E-state index in [4.69, 9.17) is 4.74 Å². The summed E-state index contributed by atoms with van der Waals surface area (Å²) in [7, 11) is 1.54. The Morgan fingerprint density at radius 2 is 1.86 bits per heavy atom. The standard InChI is InChI=1S/C19H20F3N3O2S/c1-27-16-11-14(28-2)4-5-15(16)18(26)25-9-7-24(8-10-25)17-6-3-13(12-23-17)19(20,21)22/h3-6,11-12H,7-10H2,1-2H3/p+1. The number of ether oxygens (including phenoxy) is 1. The number of amides is 1. The van der Waals surface area contributed by atoms with Gasteiger partial charge in [-0.1, -0.05) is 0 Å². The zero-order valence-corrected chi connectivity index (χ0v) is 16.4. The molecule has 0 saturated carbocycles. The van der Waals surface area contributed by atoms with Crippen LogP contribution in [0.2, 0.25) is 0 Å². The number of pyridine rings is 1. The number of thioether (sulfide) groups is 1. The topological polar surface area (TPSA) is 46.9 Å². The number of alkyl halides is 3. The van der Waals surface area contributed by atoms with E-state index < -0.39 is 11.7 Å². The van der Waals surface area contributed by atoms with Gasteiger partial charge >= 0.3 is 6.18 Å². The largest absolute Gasteiger partial charge is 0.496 e. The van der Waals surface area contributed by atoms with E-state index in [2.05, 4.69) is 4.98 Å². The number of H-pyrrole nitrogens is 1. The number of carbonyl (C=O) groups is 1. The van der Waals surface area contributed by atoms with E-state index in [1.54, 1.807) is 22.7 Å². The van der Waals surface area contributed by atoms with Crippen molar-refractivity contribution < 1.29 is 27.7 Å². The molecule has 0 unspecified atom stereocenters. The normalized spacial score (nSPS) is 14.9. The summed E-state index contributed by atoms with van der Waals surface area (Å²) in [4.78, 5) is 20.2. The lowest BCUT2D eigenvalue weighted by Crippen LogP contribution is -2.50. The van der Waals surface area contributed by atoms with Crippen LogP contribution in [0.1, 0.15) is 15.9 Å². The maximum atomic E-state index is 12.9. The second kappa shape index (κ2) is 8.30. The third kappa shape index (κ3) is 4.35. The highest BCUT2D eigenvalue weighted by Gasteiger charge is 2.33. The number of hydrogen-bond acceptors (Lipinski definition) is 4. The first-order valence-corrected chi connectivity index (χ1v) is 9.91. The number of aromatic amines is 1. The number of carbonyl (C=O) groups excluding carboxylic acids is 1. The number of rotatable bonds is 4. The number of aromatic nitrogens is 1. The summed E-state index contributed by atoms with van der Waals surface area (Å²) in [5, 5.41) is 0. The smallest absolute Gasteiger partial charge is 0.419 e. The molecular weight excluding hydrogens is 391 g/mol. The molecule has 2 heterocycles. The Morgan fingerprint density at radius 3 is 2.39 bits per heavy atom. The van der Waals surface area contributed by atoms with Crippen LogP contribution in [0.15, 0.2) is 41.4 Å². The van der Waals surface area contributed by atoms with Crippen LogP contribution in [0.5, 0.6) is 5.75 Å². The lowest BCUT2D eigenvalue weighted by Gasteiger charge is -2.31. The van der Waals surface area contributed by atoms with Gasteiger partial charge in [0.15, 0.2) is 0 Å². The van der Waals surface area contributed by atoms with Gasteiger partial charge in [-0.25, -0.2) is 4.98 Å². The Kier molecular flexibility index (Phi) is 6.02. The molecule has 1 aromatic carbocycles. The number of benzene rings is 1. The average Bonchev–Trinajstić information content (AvgIpc) is 2.72. The molecule has 0 aliphatic carbocycles. The number of anilines is 1. The summed E-state index contributed by atoms with van der Waals surface area (Å²) < 4.78 is 43.4. The van der Waals surface area contributed by atoms with Crippen LogP contribution < -0.4 is 14.6 Å². The molecule has 150 valence electrons. The first kappa shape index (κ1) is 20.3. The van der Waals surface area contributed by atoms with Gasteiger partial charge in [0.2, 0.25) is 0 Å². The van der Waals surface area contributed by atoms with Crippen molar-refractivity contribution >= 4 is 23.5 Å². The summed E-state index contributed by atoms with van der Waals surface area (Å²) in [5.74, 6) is 1.03. The molecular formula is C19H21F3N3O2S+. The fraction of sp³-hybridized carbons (Fsp3) is 0.368. The van der Waals surface area contributed by atoms with Crippen LogP contribution in [0.25, 0.3) is 0 Å². The Labute approximate surface area is 165 Å². The maximum absolute atomic E-state index is 12.9. The van der Waals surface area contributed by atoms with Crippen molar-refractivity contribution in [1.82, 2.24) is 4.90 Å². The monoisotopic (exact) mass is 412 g/mol. The minimum atomic E-state index is -4.37. The van der Waals surface area contributed by atoms with Crippen molar-refractivity contribution in [3.05, 3.63) is 47.7 Å². The van der Waals surface area contributed by atoms with E-state index in [0.29, 0.717) is 43.3 Å². The highest BCUT2D eigenvalue weighted by Crippen LogP contribution is 2.29. The molecule has 0 bridgehead atoms. The van der Waals surface area contributed by atoms with Crippen LogP contribution in [-0.2, 0) is 6.18 Å². The Hall–Kier alpha value is -2.42. The summed E-state index contributed by atoms with van der Waals surface area (Å²) in [6, 6.07) is 7.97. The quantitative estimate of drug-likeness (QED) is 0.724. The molecule has 0 atom stereocenters. The van der Waals surface area contributed by atoms with E-state index in [9.17, 15) is 18.0 Å². The minimum Gasteiger partial charge on any atom is -0.496 e. The zero-order chi connectivity index (χ0) is 20.3. The number of methoxy groups -OCH3 is 1. The number of nitrogens with one attached hydrogen (secondary N) is 1. The first-order valence-electron chi connectivity index (χ1n) is 8.68. The van der Waals surface area contributed by atoms with Gasteiger partial charge in [-0.2, -0.15) is 13.2 Å². The van der Waals surface area contributed by atoms with E-state index in [0.717, 1.165) is 17.2 Å². The molecule has 1 saturated heterocycles. The summed E-state index contributed by atoms with van der Waals surface area (Å²) >= 11 is 1.57.